The topological polar surface area (TPSA) is 104 Å². The Bertz CT molecular complexity index is 759. The smallest absolute Gasteiger partial charge is 0.253 e. The second-order valence-corrected chi connectivity index (χ2v) is 7.29. The van der Waals surface area contributed by atoms with Gasteiger partial charge in [-0.05, 0) is 31.2 Å². The number of carbonyl (C=O) groups is 2. The van der Waals surface area contributed by atoms with Crippen molar-refractivity contribution in [3.8, 4) is 5.75 Å². The summed E-state index contributed by atoms with van der Waals surface area (Å²) >= 11 is 0. The molecule has 1 aliphatic heterocycles. The molecule has 1 aromatic rings. The molecular formula is C18H24N4O3. The van der Waals surface area contributed by atoms with E-state index in [4.69, 9.17) is 0 Å². The normalized spacial score (nSPS) is 27.9. The Morgan fingerprint density at radius 1 is 1.52 bits per heavy atom. The maximum Gasteiger partial charge on any atom is 0.253 e. The third-order valence-electron chi connectivity index (χ3n) is 5.28. The van der Waals surface area contributed by atoms with Crippen LogP contribution in [-0.2, 0) is 4.79 Å². The number of aromatic hydroxyl groups is 1. The average Bonchev–Trinajstić information content (AvgIpc) is 3.24. The first-order valence-corrected chi connectivity index (χ1v) is 8.67. The second-order valence-electron chi connectivity index (χ2n) is 7.29. The van der Waals surface area contributed by atoms with Crippen LogP contribution in [0.15, 0.2) is 17.3 Å². The van der Waals surface area contributed by atoms with E-state index >= 15 is 0 Å². The first-order chi connectivity index (χ1) is 11.8. The van der Waals surface area contributed by atoms with E-state index in [-0.39, 0.29) is 41.1 Å². The Labute approximate surface area is 146 Å². The molecule has 3 N–H and O–H groups in total. The molecule has 1 aromatic heterocycles. The minimum absolute atomic E-state index is 0.00208. The molecule has 0 spiro atoms. The number of nitrogens with one attached hydrogen (secondary N) is 2. The van der Waals surface area contributed by atoms with E-state index in [1.807, 2.05) is 13.8 Å². The minimum Gasteiger partial charge on any atom is -0.506 e. The third-order valence-corrected chi connectivity index (χ3v) is 5.28. The fraction of sp³-hybridized carbons (Fsp3) is 0.556. The lowest BCUT2D eigenvalue weighted by Gasteiger charge is -2.21. The largest absolute Gasteiger partial charge is 0.506 e. The first-order valence-electron chi connectivity index (χ1n) is 8.67. The van der Waals surface area contributed by atoms with Crippen molar-refractivity contribution in [3.63, 3.8) is 0 Å². The predicted octanol–water partition coefficient (Wildman–Crippen LogP) is 1.61. The molecule has 25 heavy (non-hydrogen) atoms. The zero-order valence-corrected chi connectivity index (χ0v) is 15.0. The summed E-state index contributed by atoms with van der Waals surface area (Å²) in [6.07, 6.45) is 3.44. The van der Waals surface area contributed by atoms with Gasteiger partial charge < -0.3 is 15.7 Å². The first kappa shape index (κ1) is 17.4. The summed E-state index contributed by atoms with van der Waals surface area (Å²) in [4.78, 5) is 33.0. The Hall–Kier alpha value is -2.44. The third kappa shape index (κ3) is 3.10. The summed E-state index contributed by atoms with van der Waals surface area (Å²) in [5.74, 6) is 0.129. The number of pyridine rings is 1. The highest BCUT2D eigenvalue weighted by atomic mass is 16.3. The van der Waals surface area contributed by atoms with Gasteiger partial charge >= 0.3 is 0 Å². The van der Waals surface area contributed by atoms with Gasteiger partial charge in [0.2, 0.25) is 0 Å². The molecule has 3 atom stereocenters. The molecule has 0 saturated heterocycles. The standard InChI is InChI=1S/C18H24N4O3/c1-5-10-6-12(10)20-16(24)11-7-13(23)14(19-8-11)15-21-17(25)18(4,22-15)9(2)3/h7-10,12,23H,5-6H2,1-4H3,(H,20,24)(H,21,22,25)/t10-,12-,18?/m1/s1. The Morgan fingerprint density at radius 2 is 2.24 bits per heavy atom. The average molecular weight is 344 g/mol. The van der Waals surface area contributed by atoms with Crippen LogP contribution in [0.1, 0.15) is 56.6 Å². The van der Waals surface area contributed by atoms with E-state index < -0.39 is 5.54 Å². The van der Waals surface area contributed by atoms with E-state index in [1.165, 1.54) is 12.3 Å². The van der Waals surface area contributed by atoms with Crippen molar-refractivity contribution < 1.29 is 14.7 Å². The highest BCUT2D eigenvalue weighted by Gasteiger charge is 2.43. The van der Waals surface area contributed by atoms with Crippen LogP contribution < -0.4 is 10.6 Å². The van der Waals surface area contributed by atoms with Gasteiger partial charge in [-0.1, -0.05) is 27.2 Å². The van der Waals surface area contributed by atoms with Crippen molar-refractivity contribution >= 4 is 17.6 Å². The van der Waals surface area contributed by atoms with Gasteiger partial charge in [0.15, 0.2) is 5.84 Å². The minimum atomic E-state index is -0.888. The fourth-order valence-corrected chi connectivity index (χ4v) is 2.94. The number of amides is 2. The van der Waals surface area contributed by atoms with Gasteiger partial charge in [-0.3, -0.25) is 9.59 Å². The molecule has 1 saturated carbocycles. The zero-order valence-electron chi connectivity index (χ0n) is 15.0. The molecule has 7 heteroatoms. The molecule has 0 radical (unpaired) electrons. The van der Waals surface area contributed by atoms with Crippen molar-refractivity contribution in [2.24, 2.45) is 16.8 Å². The maximum absolute atomic E-state index is 12.2. The van der Waals surface area contributed by atoms with E-state index in [9.17, 15) is 14.7 Å². The number of hydrogen-bond acceptors (Lipinski definition) is 5. The summed E-state index contributed by atoms with van der Waals surface area (Å²) < 4.78 is 0. The molecule has 1 aliphatic carbocycles. The lowest BCUT2D eigenvalue weighted by molar-refractivity contribution is -0.124. The quantitative estimate of drug-likeness (QED) is 0.755. The van der Waals surface area contributed by atoms with Crippen molar-refractivity contribution in [1.29, 1.82) is 0 Å². The lowest BCUT2D eigenvalue weighted by Crippen LogP contribution is -2.41. The molecule has 134 valence electrons. The predicted molar refractivity (Wildman–Crippen MR) is 93.5 cm³/mol. The Kier molecular flexibility index (Phi) is 4.26. The summed E-state index contributed by atoms with van der Waals surface area (Å²) in [6, 6.07) is 1.57. The van der Waals surface area contributed by atoms with Crippen LogP contribution in [0.3, 0.4) is 0 Å². The van der Waals surface area contributed by atoms with Crippen molar-refractivity contribution in [1.82, 2.24) is 15.6 Å². The molecule has 0 bridgehead atoms. The van der Waals surface area contributed by atoms with Crippen LogP contribution in [0.2, 0.25) is 0 Å². The van der Waals surface area contributed by atoms with Crippen LogP contribution >= 0.6 is 0 Å². The number of nitrogens with zero attached hydrogens (tertiary/aromatic N) is 2. The van der Waals surface area contributed by atoms with Crippen LogP contribution in [0.5, 0.6) is 5.75 Å². The summed E-state index contributed by atoms with van der Waals surface area (Å²) in [5.41, 5.74) is -0.424. The van der Waals surface area contributed by atoms with Crippen molar-refractivity contribution in [3.05, 3.63) is 23.5 Å². The fourth-order valence-electron chi connectivity index (χ4n) is 2.94. The highest BCUT2D eigenvalue weighted by molar-refractivity contribution is 6.15. The molecule has 3 rings (SSSR count). The van der Waals surface area contributed by atoms with Gasteiger partial charge in [-0.25, -0.2) is 9.98 Å². The molecular weight excluding hydrogens is 320 g/mol. The van der Waals surface area contributed by atoms with Gasteiger partial charge in [0.1, 0.15) is 17.0 Å². The van der Waals surface area contributed by atoms with Gasteiger partial charge in [0.05, 0.1) is 5.56 Å². The zero-order chi connectivity index (χ0) is 18.4. The van der Waals surface area contributed by atoms with Crippen LogP contribution in [-0.4, -0.2) is 39.3 Å². The monoisotopic (exact) mass is 344 g/mol. The number of carbonyl (C=O) groups excluding carboxylic acids is 2. The van der Waals surface area contributed by atoms with Gasteiger partial charge in [0.25, 0.3) is 11.8 Å². The number of aromatic nitrogens is 1. The number of aliphatic imine (C=N–C) groups is 1. The van der Waals surface area contributed by atoms with Gasteiger partial charge in [-0.2, -0.15) is 0 Å². The van der Waals surface area contributed by atoms with Crippen LogP contribution in [0.4, 0.5) is 0 Å². The molecule has 2 heterocycles. The second kappa shape index (κ2) is 6.13. The number of hydrogen-bond donors (Lipinski definition) is 3. The molecule has 2 amide bonds. The number of rotatable bonds is 5. The molecule has 1 fully saturated rings. The summed E-state index contributed by atoms with van der Waals surface area (Å²) in [7, 11) is 0. The van der Waals surface area contributed by atoms with Crippen LogP contribution in [0, 0.1) is 11.8 Å². The van der Waals surface area contributed by atoms with E-state index in [1.54, 1.807) is 6.92 Å². The van der Waals surface area contributed by atoms with Gasteiger partial charge in [0, 0.05) is 12.2 Å². The molecule has 7 nitrogen and oxygen atoms in total. The lowest BCUT2D eigenvalue weighted by atomic mass is 9.89. The Balaban J connectivity index is 1.79. The van der Waals surface area contributed by atoms with Crippen molar-refractivity contribution in [2.45, 2.75) is 52.1 Å². The highest BCUT2D eigenvalue weighted by Crippen LogP contribution is 2.33. The van der Waals surface area contributed by atoms with E-state index in [0.29, 0.717) is 11.5 Å². The van der Waals surface area contributed by atoms with Gasteiger partial charge in [-0.15, -0.1) is 0 Å². The van der Waals surface area contributed by atoms with Crippen LogP contribution in [0.25, 0.3) is 0 Å². The molecule has 0 aromatic carbocycles. The van der Waals surface area contributed by atoms with E-state index in [0.717, 1.165) is 12.8 Å². The maximum atomic E-state index is 12.2. The molecule has 1 unspecified atom stereocenters. The van der Waals surface area contributed by atoms with E-state index in [2.05, 4.69) is 27.5 Å². The number of amidine groups is 1. The summed E-state index contributed by atoms with van der Waals surface area (Å²) in [5, 5.41) is 15.9. The SMILES string of the molecule is CC[C@@H]1C[C@H]1NC(=O)c1cnc(C2=NC(C)(C(C)C)C(=O)N2)c(O)c1. The summed E-state index contributed by atoms with van der Waals surface area (Å²) in [6.45, 7) is 7.67. The van der Waals surface area contributed by atoms with Crippen molar-refractivity contribution in [2.75, 3.05) is 0 Å². The Morgan fingerprint density at radius 3 is 2.76 bits per heavy atom. The molecule has 2 aliphatic rings.